The van der Waals surface area contributed by atoms with Crippen molar-refractivity contribution in [1.82, 2.24) is 0 Å². The van der Waals surface area contributed by atoms with Crippen LogP contribution in [0.4, 0.5) is 0 Å². The zero-order chi connectivity index (χ0) is 19.8. The van der Waals surface area contributed by atoms with Crippen LogP contribution in [0.15, 0.2) is 41.8 Å². The lowest BCUT2D eigenvalue weighted by molar-refractivity contribution is 0.559. The number of hydrogen-bond acceptors (Lipinski definition) is 3. The molecule has 0 atom stereocenters. The van der Waals surface area contributed by atoms with E-state index in [0.717, 1.165) is 18.4 Å². The third-order valence-electron chi connectivity index (χ3n) is 5.30. The Morgan fingerprint density at radius 2 is 1.56 bits per heavy atom. The van der Waals surface area contributed by atoms with Gasteiger partial charge in [-0.15, -0.1) is 11.3 Å². The molecule has 0 spiro atoms. The summed E-state index contributed by atoms with van der Waals surface area (Å²) in [6, 6.07) is 12.6. The zero-order valence-electron chi connectivity index (χ0n) is 16.8. The van der Waals surface area contributed by atoms with Gasteiger partial charge in [0.1, 0.15) is 0 Å². The molecule has 0 fully saturated rings. The minimum Gasteiger partial charge on any atom is -0.228 e. The first-order valence-corrected chi connectivity index (χ1v) is 11.9. The van der Waals surface area contributed by atoms with Gasteiger partial charge in [-0.1, -0.05) is 30.3 Å². The van der Waals surface area contributed by atoms with Gasteiger partial charge in [0.05, 0.1) is 10.5 Å². The van der Waals surface area contributed by atoms with Crippen LogP contribution in [0.2, 0.25) is 0 Å². The van der Waals surface area contributed by atoms with Crippen molar-refractivity contribution in [1.29, 1.82) is 0 Å². The number of fused-ring (bicyclic) bond motifs is 1. The zero-order valence-corrected chi connectivity index (χ0v) is 18.4. The maximum absolute atomic E-state index is 12.4. The molecule has 3 aromatic rings. The lowest BCUT2D eigenvalue weighted by Crippen LogP contribution is -2.29. The number of rotatable bonds is 5. The Hall–Kier alpha value is -1.65. The normalized spacial score (nSPS) is 12.6. The van der Waals surface area contributed by atoms with E-state index in [1.807, 2.05) is 23.5 Å². The summed E-state index contributed by atoms with van der Waals surface area (Å²) in [6.45, 7) is 9.67. The minimum absolute atomic E-state index is 0.101. The van der Waals surface area contributed by atoms with Crippen LogP contribution in [0.5, 0.6) is 0 Å². The monoisotopic (exact) mass is 400 g/mol. The highest BCUT2D eigenvalue weighted by molar-refractivity contribution is 7.91. The van der Waals surface area contributed by atoms with Crippen molar-refractivity contribution in [2.75, 3.05) is 0 Å². The van der Waals surface area contributed by atoms with E-state index >= 15 is 0 Å². The van der Waals surface area contributed by atoms with Crippen LogP contribution in [0, 0.1) is 13.8 Å². The molecule has 0 saturated carbocycles. The molecule has 0 saturated heterocycles. The molecule has 27 heavy (non-hydrogen) atoms. The van der Waals surface area contributed by atoms with Crippen molar-refractivity contribution in [2.45, 2.75) is 58.0 Å². The summed E-state index contributed by atoms with van der Waals surface area (Å²) in [4.78, 5) is 0. The Labute approximate surface area is 167 Å². The van der Waals surface area contributed by atoms with Gasteiger partial charge in [0.2, 0.25) is 0 Å². The first-order chi connectivity index (χ1) is 12.6. The lowest BCUT2D eigenvalue weighted by Gasteiger charge is -2.19. The van der Waals surface area contributed by atoms with Crippen LogP contribution in [-0.2, 0) is 28.4 Å². The lowest BCUT2D eigenvalue weighted by atomic mass is 9.96. The van der Waals surface area contributed by atoms with Crippen LogP contribution >= 0.6 is 11.3 Å². The van der Waals surface area contributed by atoms with Crippen molar-refractivity contribution in [3.63, 3.8) is 0 Å². The van der Waals surface area contributed by atoms with E-state index in [0.29, 0.717) is 0 Å². The molecular weight excluding hydrogens is 372 g/mol. The molecule has 0 unspecified atom stereocenters. The first kappa shape index (κ1) is 20.1. The molecule has 2 nitrogen and oxygen atoms in total. The van der Waals surface area contributed by atoms with E-state index in [1.165, 1.54) is 32.3 Å². The van der Waals surface area contributed by atoms with Crippen molar-refractivity contribution >= 4 is 31.3 Å². The highest BCUT2D eigenvalue weighted by Gasteiger charge is 2.28. The molecular formula is C23H28O2S2. The van der Waals surface area contributed by atoms with E-state index in [4.69, 9.17) is 0 Å². The molecule has 4 heteroatoms. The summed E-state index contributed by atoms with van der Waals surface area (Å²) >= 11 is 1.81. The molecule has 0 bridgehead atoms. The summed E-state index contributed by atoms with van der Waals surface area (Å²) in [5, 5.41) is 3.54. The van der Waals surface area contributed by atoms with Gasteiger partial charge in [-0.2, -0.15) is 0 Å². The smallest absolute Gasteiger partial charge is 0.159 e. The highest BCUT2D eigenvalue weighted by atomic mass is 32.2. The number of aryl methyl sites for hydroxylation is 4. The standard InChI is InChI=1S/C23H28O2S2/c1-16-14-20(17(2)21-12-13-26-22(16)21)11-10-18-6-8-19(9-7-18)15-27(24,25)23(3,4)5/h6-9,12-14H,10-11,15H2,1-5H3. The third-order valence-corrected chi connectivity index (χ3v) is 8.92. The molecule has 2 aromatic carbocycles. The van der Waals surface area contributed by atoms with E-state index in [-0.39, 0.29) is 5.75 Å². The molecule has 3 rings (SSSR count). The van der Waals surface area contributed by atoms with Crippen LogP contribution in [0.3, 0.4) is 0 Å². The van der Waals surface area contributed by atoms with Crippen molar-refractivity contribution in [3.05, 3.63) is 69.6 Å². The van der Waals surface area contributed by atoms with Crippen LogP contribution in [-0.4, -0.2) is 13.2 Å². The largest absolute Gasteiger partial charge is 0.228 e. The van der Waals surface area contributed by atoms with E-state index in [1.54, 1.807) is 20.8 Å². The Kier molecular flexibility index (Phi) is 5.51. The van der Waals surface area contributed by atoms with Crippen LogP contribution < -0.4 is 0 Å². The number of thiophene rings is 1. The second-order valence-corrected chi connectivity index (χ2v) is 12.0. The Morgan fingerprint density at radius 3 is 2.19 bits per heavy atom. The molecule has 0 aliphatic carbocycles. The van der Waals surface area contributed by atoms with Crippen molar-refractivity contribution < 1.29 is 8.42 Å². The van der Waals surface area contributed by atoms with Gasteiger partial charge in [-0.05, 0) is 92.1 Å². The quantitative estimate of drug-likeness (QED) is 0.525. The molecule has 1 aromatic heterocycles. The number of sulfone groups is 1. The van der Waals surface area contributed by atoms with E-state index in [2.05, 4.69) is 43.5 Å². The minimum atomic E-state index is -3.14. The predicted octanol–water partition coefficient (Wildman–Crippen LogP) is 6.02. The molecule has 0 amide bonds. The van der Waals surface area contributed by atoms with E-state index < -0.39 is 14.6 Å². The fraction of sp³-hybridized carbons (Fsp3) is 0.391. The average molecular weight is 401 g/mol. The van der Waals surface area contributed by atoms with Gasteiger partial charge in [0.15, 0.2) is 9.84 Å². The summed E-state index contributed by atoms with van der Waals surface area (Å²) in [7, 11) is -3.14. The Balaban J connectivity index is 1.72. The highest BCUT2D eigenvalue weighted by Crippen LogP contribution is 2.30. The van der Waals surface area contributed by atoms with Gasteiger partial charge in [0.25, 0.3) is 0 Å². The molecule has 1 heterocycles. The summed E-state index contributed by atoms with van der Waals surface area (Å²) in [5.41, 5.74) is 6.24. The number of benzene rings is 2. The van der Waals surface area contributed by atoms with Gasteiger partial charge >= 0.3 is 0 Å². The van der Waals surface area contributed by atoms with Crippen molar-refractivity contribution in [2.24, 2.45) is 0 Å². The SMILES string of the molecule is Cc1c(CCc2ccc(CS(=O)(=O)C(C)(C)C)cc2)cc(C)c2sccc12. The fourth-order valence-corrected chi connectivity index (χ4v) is 5.29. The molecule has 0 aliphatic rings. The second kappa shape index (κ2) is 7.40. The van der Waals surface area contributed by atoms with Crippen molar-refractivity contribution in [3.8, 4) is 0 Å². The third kappa shape index (κ3) is 4.27. The second-order valence-electron chi connectivity index (χ2n) is 8.33. The maximum Gasteiger partial charge on any atom is 0.159 e. The van der Waals surface area contributed by atoms with Crippen LogP contribution in [0.1, 0.15) is 48.6 Å². The summed E-state index contributed by atoms with van der Waals surface area (Å²) < 4.78 is 25.4. The predicted molar refractivity (Wildman–Crippen MR) is 118 cm³/mol. The topological polar surface area (TPSA) is 34.1 Å². The fourth-order valence-electron chi connectivity index (χ4n) is 3.29. The molecule has 0 N–H and O–H groups in total. The summed E-state index contributed by atoms with van der Waals surface area (Å²) in [5.74, 6) is 0.101. The van der Waals surface area contributed by atoms with E-state index in [9.17, 15) is 8.42 Å². The summed E-state index contributed by atoms with van der Waals surface area (Å²) in [6.07, 6.45) is 1.96. The van der Waals surface area contributed by atoms with Gasteiger partial charge < -0.3 is 0 Å². The van der Waals surface area contributed by atoms with Crippen LogP contribution in [0.25, 0.3) is 10.1 Å². The molecule has 144 valence electrons. The molecule has 0 aliphatic heterocycles. The molecule has 0 radical (unpaired) electrons. The average Bonchev–Trinajstić information content (AvgIpc) is 3.07. The maximum atomic E-state index is 12.4. The van der Waals surface area contributed by atoms with Gasteiger partial charge in [0, 0.05) is 4.70 Å². The Bertz CT molecular complexity index is 1050. The van der Waals surface area contributed by atoms with Gasteiger partial charge in [-0.25, -0.2) is 8.42 Å². The Morgan fingerprint density at radius 1 is 0.926 bits per heavy atom. The first-order valence-electron chi connectivity index (χ1n) is 9.35. The number of hydrogen-bond donors (Lipinski definition) is 0. The van der Waals surface area contributed by atoms with Gasteiger partial charge in [-0.3, -0.25) is 0 Å².